The van der Waals surface area contributed by atoms with Gasteiger partial charge in [-0.05, 0) is 56.5 Å². The fourth-order valence-electron chi connectivity index (χ4n) is 2.89. The van der Waals surface area contributed by atoms with Crippen molar-refractivity contribution in [1.29, 1.82) is 0 Å². The van der Waals surface area contributed by atoms with Gasteiger partial charge in [0.15, 0.2) is 11.5 Å². The summed E-state index contributed by atoms with van der Waals surface area (Å²) in [6, 6.07) is 6.34. The topological polar surface area (TPSA) is 47.7 Å². The summed E-state index contributed by atoms with van der Waals surface area (Å²) < 4.78 is 11.0. The summed E-state index contributed by atoms with van der Waals surface area (Å²) in [5.41, 5.74) is 6.98. The number of benzene rings is 1. The van der Waals surface area contributed by atoms with E-state index in [-0.39, 0.29) is 0 Å². The first-order valence-electron chi connectivity index (χ1n) is 7.51. The molecule has 0 unspecified atom stereocenters. The molecule has 1 heterocycles. The molecule has 0 spiro atoms. The van der Waals surface area contributed by atoms with Crippen molar-refractivity contribution in [2.75, 3.05) is 39.9 Å². The second-order valence-electron chi connectivity index (χ2n) is 5.25. The van der Waals surface area contributed by atoms with Crippen LogP contribution in [0, 0.1) is 0 Å². The number of hydrogen-bond acceptors (Lipinski definition) is 4. The van der Waals surface area contributed by atoms with Crippen molar-refractivity contribution < 1.29 is 9.47 Å². The van der Waals surface area contributed by atoms with Crippen LogP contribution in [0.5, 0.6) is 11.5 Å². The first-order chi connectivity index (χ1) is 9.78. The number of likely N-dealkylation sites (tertiary alicyclic amines) is 1. The van der Waals surface area contributed by atoms with E-state index in [2.05, 4.69) is 17.0 Å². The molecule has 0 radical (unpaired) electrons. The highest BCUT2D eigenvalue weighted by atomic mass is 16.5. The van der Waals surface area contributed by atoms with Crippen LogP contribution in [0.3, 0.4) is 0 Å². The van der Waals surface area contributed by atoms with Crippen LogP contribution in [-0.2, 0) is 0 Å². The van der Waals surface area contributed by atoms with Crippen molar-refractivity contribution in [3.63, 3.8) is 0 Å². The minimum Gasteiger partial charge on any atom is -0.493 e. The molecule has 1 fully saturated rings. The maximum atomic E-state index is 5.62. The van der Waals surface area contributed by atoms with Gasteiger partial charge in [0.1, 0.15) is 0 Å². The molecule has 2 rings (SSSR count). The predicted octanol–water partition coefficient (Wildman–Crippen LogP) is 2.23. The van der Waals surface area contributed by atoms with E-state index in [4.69, 9.17) is 15.2 Å². The second-order valence-corrected chi connectivity index (χ2v) is 5.25. The Morgan fingerprint density at radius 2 is 2.00 bits per heavy atom. The van der Waals surface area contributed by atoms with Gasteiger partial charge in [0.2, 0.25) is 0 Å². The van der Waals surface area contributed by atoms with E-state index in [0.29, 0.717) is 12.5 Å². The molecular weight excluding hydrogens is 252 g/mol. The summed E-state index contributed by atoms with van der Waals surface area (Å²) in [6.07, 6.45) is 2.38. The Kier molecular flexibility index (Phi) is 5.68. The molecule has 20 heavy (non-hydrogen) atoms. The SMILES string of the molecule is CCOc1ccc(C2CCN(CCN)CC2)cc1OC. The van der Waals surface area contributed by atoms with Crippen LogP contribution >= 0.6 is 0 Å². The number of piperidine rings is 1. The first kappa shape index (κ1) is 15.1. The van der Waals surface area contributed by atoms with Crippen LogP contribution < -0.4 is 15.2 Å². The summed E-state index contributed by atoms with van der Waals surface area (Å²) in [5, 5.41) is 0. The van der Waals surface area contributed by atoms with Crippen LogP contribution in [0.25, 0.3) is 0 Å². The summed E-state index contributed by atoms with van der Waals surface area (Å²) >= 11 is 0. The largest absolute Gasteiger partial charge is 0.493 e. The third kappa shape index (κ3) is 3.64. The molecule has 4 heteroatoms. The van der Waals surface area contributed by atoms with Crippen molar-refractivity contribution >= 4 is 0 Å². The van der Waals surface area contributed by atoms with Crippen LogP contribution in [0.2, 0.25) is 0 Å². The quantitative estimate of drug-likeness (QED) is 0.867. The molecule has 0 atom stereocenters. The minimum atomic E-state index is 0.619. The van der Waals surface area contributed by atoms with Gasteiger partial charge >= 0.3 is 0 Å². The maximum Gasteiger partial charge on any atom is 0.161 e. The number of rotatable bonds is 6. The highest BCUT2D eigenvalue weighted by Gasteiger charge is 2.21. The molecule has 1 aromatic rings. The Hall–Kier alpha value is -1.26. The standard InChI is InChI=1S/C16H26N2O2/c1-3-20-15-5-4-14(12-16(15)19-2)13-6-9-18(10-7-13)11-8-17/h4-5,12-13H,3,6-11,17H2,1-2H3. The van der Waals surface area contributed by atoms with Gasteiger partial charge < -0.3 is 20.1 Å². The molecule has 1 saturated heterocycles. The van der Waals surface area contributed by atoms with E-state index in [1.165, 1.54) is 18.4 Å². The van der Waals surface area contributed by atoms with Gasteiger partial charge in [0, 0.05) is 13.1 Å². The number of nitrogens with zero attached hydrogens (tertiary/aromatic N) is 1. The van der Waals surface area contributed by atoms with E-state index in [1.54, 1.807) is 7.11 Å². The lowest BCUT2D eigenvalue weighted by atomic mass is 9.89. The second kappa shape index (κ2) is 7.50. The third-order valence-electron chi connectivity index (χ3n) is 3.99. The van der Waals surface area contributed by atoms with Crippen LogP contribution in [0.1, 0.15) is 31.2 Å². The van der Waals surface area contributed by atoms with Crippen LogP contribution in [0.15, 0.2) is 18.2 Å². The molecule has 2 N–H and O–H groups in total. The molecular formula is C16H26N2O2. The van der Waals surface area contributed by atoms with E-state index in [9.17, 15) is 0 Å². The van der Waals surface area contributed by atoms with Crippen molar-refractivity contribution in [1.82, 2.24) is 4.90 Å². The van der Waals surface area contributed by atoms with Crippen LogP contribution in [-0.4, -0.2) is 44.8 Å². The van der Waals surface area contributed by atoms with Gasteiger partial charge in [-0.1, -0.05) is 6.07 Å². The Labute approximate surface area is 121 Å². The minimum absolute atomic E-state index is 0.619. The molecule has 0 aromatic heterocycles. The van der Waals surface area contributed by atoms with Gasteiger partial charge in [-0.2, -0.15) is 0 Å². The number of hydrogen-bond donors (Lipinski definition) is 1. The Morgan fingerprint density at radius 3 is 2.60 bits per heavy atom. The average molecular weight is 278 g/mol. The van der Waals surface area contributed by atoms with Crippen molar-refractivity contribution in [3.8, 4) is 11.5 Å². The molecule has 1 aliphatic heterocycles. The van der Waals surface area contributed by atoms with Gasteiger partial charge in [-0.25, -0.2) is 0 Å². The van der Waals surface area contributed by atoms with Crippen molar-refractivity contribution in [3.05, 3.63) is 23.8 Å². The zero-order valence-electron chi connectivity index (χ0n) is 12.6. The monoisotopic (exact) mass is 278 g/mol. The van der Waals surface area contributed by atoms with Gasteiger partial charge in [-0.3, -0.25) is 0 Å². The highest BCUT2D eigenvalue weighted by molar-refractivity contribution is 5.44. The van der Waals surface area contributed by atoms with Crippen molar-refractivity contribution in [2.24, 2.45) is 5.73 Å². The fraction of sp³-hybridized carbons (Fsp3) is 0.625. The molecule has 0 bridgehead atoms. The van der Waals surface area contributed by atoms with E-state index < -0.39 is 0 Å². The predicted molar refractivity (Wildman–Crippen MR) is 81.6 cm³/mol. The average Bonchev–Trinajstić information content (AvgIpc) is 2.49. The molecule has 1 aliphatic rings. The lowest BCUT2D eigenvalue weighted by Gasteiger charge is -2.32. The summed E-state index contributed by atoms with van der Waals surface area (Å²) in [7, 11) is 1.70. The smallest absolute Gasteiger partial charge is 0.161 e. The van der Waals surface area contributed by atoms with E-state index in [1.807, 2.05) is 13.0 Å². The molecule has 0 saturated carbocycles. The first-order valence-corrected chi connectivity index (χ1v) is 7.51. The van der Waals surface area contributed by atoms with E-state index in [0.717, 1.165) is 37.7 Å². The summed E-state index contributed by atoms with van der Waals surface area (Å²) in [4.78, 5) is 2.45. The maximum absolute atomic E-state index is 5.62. The Balaban J connectivity index is 2.03. The molecule has 1 aromatic carbocycles. The number of ether oxygens (including phenoxy) is 2. The van der Waals surface area contributed by atoms with Gasteiger partial charge in [0.05, 0.1) is 13.7 Å². The Morgan fingerprint density at radius 1 is 1.25 bits per heavy atom. The van der Waals surface area contributed by atoms with Gasteiger partial charge in [0.25, 0.3) is 0 Å². The number of methoxy groups -OCH3 is 1. The Bertz CT molecular complexity index is 415. The zero-order chi connectivity index (χ0) is 14.4. The zero-order valence-corrected chi connectivity index (χ0v) is 12.6. The van der Waals surface area contributed by atoms with E-state index >= 15 is 0 Å². The summed E-state index contributed by atoms with van der Waals surface area (Å²) in [6.45, 7) is 6.68. The fourth-order valence-corrected chi connectivity index (χ4v) is 2.89. The van der Waals surface area contributed by atoms with Gasteiger partial charge in [-0.15, -0.1) is 0 Å². The number of nitrogens with two attached hydrogens (primary N) is 1. The molecule has 0 aliphatic carbocycles. The third-order valence-corrected chi connectivity index (χ3v) is 3.99. The highest BCUT2D eigenvalue weighted by Crippen LogP contribution is 2.34. The molecule has 112 valence electrons. The molecule has 4 nitrogen and oxygen atoms in total. The summed E-state index contributed by atoms with van der Waals surface area (Å²) in [5.74, 6) is 2.29. The van der Waals surface area contributed by atoms with Crippen LogP contribution in [0.4, 0.5) is 0 Å². The van der Waals surface area contributed by atoms with Crippen molar-refractivity contribution in [2.45, 2.75) is 25.7 Å². The normalized spacial score (nSPS) is 17.1. The lowest BCUT2D eigenvalue weighted by molar-refractivity contribution is 0.217. The molecule has 0 amide bonds. The lowest BCUT2D eigenvalue weighted by Crippen LogP contribution is -2.36.